The quantitative estimate of drug-likeness (QED) is 0.448. The smallest absolute Gasteiger partial charge is 0.343 e. The summed E-state index contributed by atoms with van der Waals surface area (Å²) in [5, 5.41) is 10.7. The first kappa shape index (κ1) is 24.3. The van der Waals surface area contributed by atoms with Crippen molar-refractivity contribution in [2.24, 2.45) is 0 Å². The normalized spacial score (nSPS) is 11.3. The third kappa shape index (κ3) is 4.99. The zero-order valence-electron chi connectivity index (χ0n) is 18.1. The SMILES string of the molecule is COC(=O)C[C@H](c1cc(OC)c(OC(C)=O)c(OC)c1)c1c(O)c(C(=O)OC)c[nH]c1=O. The first-order valence-electron chi connectivity index (χ1n) is 9.22. The minimum absolute atomic E-state index is 0.00971. The van der Waals surface area contributed by atoms with E-state index in [1.165, 1.54) is 40.4 Å². The summed E-state index contributed by atoms with van der Waals surface area (Å²) in [5.74, 6) is -3.82. The molecule has 11 heteroatoms. The van der Waals surface area contributed by atoms with E-state index in [2.05, 4.69) is 9.72 Å². The highest BCUT2D eigenvalue weighted by Crippen LogP contribution is 2.43. The topological polar surface area (TPSA) is 150 Å². The Kier molecular flexibility index (Phi) is 7.83. The van der Waals surface area contributed by atoms with E-state index in [4.69, 9.17) is 18.9 Å². The number of esters is 3. The van der Waals surface area contributed by atoms with Crippen LogP contribution in [0.3, 0.4) is 0 Å². The molecule has 1 aromatic carbocycles. The van der Waals surface area contributed by atoms with Crippen molar-refractivity contribution in [3.8, 4) is 23.0 Å². The van der Waals surface area contributed by atoms with Crippen LogP contribution in [0.25, 0.3) is 0 Å². The van der Waals surface area contributed by atoms with Crippen LogP contribution in [0, 0.1) is 0 Å². The van der Waals surface area contributed by atoms with E-state index in [9.17, 15) is 24.3 Å². The molecule has 0 fully saturated rings. The fraction of sp³-hybridized carbons (Fsp3) is 0.333. The van der Waals surface area contributed by atoms with Gasteiger partial charge in [0.1, 0.15) is 11.3 Å². The second-order valence-electron chi connectivity index (χ2n) is 6.47. The lowest BCUT2D eigenvalue weighted by molar-refractivity contribution is -0.140. The molecule has 1 heterocycles. The molecule has 0 spiro atoms. The molecule has 0 aliphatic carbocycles. The number of rotatable bonds is 8. The molecule has 0 amide bonds. The number of hydrogen-bond acceptors (Lipinski definition) is 10. The molecular formula is C21H23NO10. The van der Waals surface area contributed by atoms with E-state index in [0.717, 1.165) is 13.3 Å². The average Bonchev–Trinajstić information content (AvgIpc) is 2.77. The van der Waals surface area contributed by atoms with Crippen molar-refractivity contribution in [1.29, 1.82) is 0 Å². The van der Waals surface area contributed by atoms with E-state index in [-0.39, 0.29) is 40.4 Å². The van der Waals surface area contributed by atoms with Crippen LogP contribution in [-0.4, -0.2) is 56.4 Å². The maximum absolute atomic E-state index is 12.7. The molecule has 2 aromatic rings. The molecule has 32 heavy (non-hydrogen) atoms. The molecule has 0 aliphatic heterocycles. The summed E-state index contributed by atoms with van der Waals surface area (Å²) in [4.78, 5) is 50.6. The fourth-order valence-corrected chi connectivity index (χ4v) is 3.11. The van der Waals surface area contributed by atoms with Crippen LogP contribution < -0.4 is 19.8 Å². The Morgan fingerprint density at radius 1 is 1.03 bits per heavy atom. The molecular weight excluding hydrogens is 426 g/mol. The Balaban J connectivity index is 2.81. The van der Waals surface area contributed by atoms with Gasteiger partial charge >= 0.3 is 17.9 Å². The highest BCUT2D eigenvalue weighted by atomic mass is 16.6. The predicted octanol–water partition coefficient (Wildman–Crippen LogP) is 1.50. The van der Waals surface area contributed by atoms with Gasteiger partial charge in [-0.3, -0.25) is 14.4 Å². The molecule has 0 saturated heterocycles. The Morgan fingerprint density at radius 2 is 1.62 bits per heavy atom. The second kappa shape index (κ2) is 10.3. The number of methoxy groups -OCH3 is 4. The third-order valence-corrected chi connectivity index (χ3v) is 4.59. The first-order valence-corrected chi connectivity index (χ1v) is 9.22. The van der Waals surface area contributed by atoms with Crippen LogP contribution >= 0.6 is 0 Å². The van der Waals surface area contributed by atoms with E-state index >= 15 is 0 Å². The zero-order chi connectivity index (χ0) is 24.0. The molecule has 0 unspecified atom stereocenters. The maximum atomic E-state index is 12.7. The highest BCUT2D eigenvalue weighted by molar-refractivity contribution is 5.92. The third-order valence-electron chi connectivity index (χ3n) is 4.59. The van der Waals surface area contributed by atoms with Gasteiger partial charge in [-0.1, -0.05) is 0 Å². The summed E-state index contributed by atoms with van der Waals surface area (Å²) in [5.41, 5.74) is -1.04. The van der Waals surface area contributed by atoms with E-state index in [0.29, 0.717) is 0 Å². The van der Waals surface area contributed by atoms with Crippen LogP contribution in [0.2, 0.25) is 0 Å². The number of aromatic nitrogens is 1. The molecule has 1 aromatic heterocycles. The number of benzene rings is 1. The van der Waals surface area contributed by atoms with Crippen molar-refractivity contribution in [3.05, 3.63) is 45.4 Å². The van der Waals surface area contributed by atoms with Crippen molar-refractivity contribution in [2.75, 3.05) is 28.4 Å². The summed E-state index contributed by atoms with van der Waals surface area (Å²) in [7, 11) is 4.92. The molecule has 1 atom stereocenters. The number of aromatic amines is 1. The van der Waals surface area contributed by atoms with Crippen LogP contribution in [0.5, 0.6) is 23.0 Å². The Hall–Kier alpha value is -4.02. The molecule has 172 valence electrons. The van der Waals surface area contributed by atoms with Gasteiger partial charge in [0.05, 0.1) is 40.4 Å². The molecule has 0 saturated carbocycles. The molecule has 0 bridgehead atoms. The van der Waals surface area contributed by atoms with Gasteiger partial charge in [-0.25, -0.2) is 4.79 Å². The van der Waals surface area contributed by atoms with Crippen molar-refractivity contribution in [3.63, 3.8) is 0 Å². The van der Waals surface area contributed by atoms with Gasteiger partial charge in [0.2, 0.25) is 5.75 Å². The monoisotopic (exact) mass is 449 g/mol. The molecule has 2 rings (SSSR count). The number of ether oxygens (including phenoxy) is 5. The minimum atomic E-state index is -1.09. The largest absolute Gasteiger partial charge is 0.506 e. The Bertz CT molecular complexity index is 1060. The Labute approximate surface area is 182 Å². The summed E-state index contributed by atoms with van der Waals surface area (Å²) in [6.45, 7) is 1.20. The van der Waals surface area contributed by atoms with Gasteiger partial charge in [0.15, 0.2) is 11.5 Å². The lowest BCUT2D eigenvalue weighted by atomic mass is 9.87. The summed E-state index contributed by atoms with van der Waals surface area (Å²) >= 11 is 0. The number of nitrogens with one attached hydrogen (secondary N) is 1. The van der Waals surface area contributed by atoms with Gasteiger partial charge in [-0.2, -0.15) is 0 Å². The number of hydrogen-bond donors (Lipinski definition) is 2. The lowest BCUT2D eigenvalue weighted by Crippen LogP contribution is -2.22. The molecule has 0 aliphatic rings. The van der Waals surface area contributed by atoms with E-state index in [1.807, 2.05) is 0 Å². The number of pyridine rings is 1. The first-order chi connectivity index (χ1) is 15.2. The number of carbonyl (C=O) groups is 3. The van der Waals surface area contributed by atoms with Crippen molar-refractivity contribution >= 4 is 17.9 Å². The minimum Gasteiger partial charge on any atom is -0.506 e. The van der Waals surface area contributed by atoms with Gasteiger partial charge in [-0.15, -0.1) is 0 Å². The molecule has 0 radical (unpaired) electrons. The van der Waals surface area contributed by atoms with E-state index in [1.54, 1.807) is 0 Å². The number of carbonyl (C=O) groups excluding carboxylic acids is 3. The highest BCUT2D eigenvalue weighted by Gasteiger charge is 2.30. The maximum Gasteiger partial charge on any atom is 0.343 e. The molecule has 11 nitrogen and oxygen atoms in total. The van der Waals surface area contributed by atoms with Crippen molar-refractivity contribution < 1.29 is 43.2 Å². The van der Waals surface area contributed by atoms with Gasteiger partial charge in [0.25, 0.3) is 5.56 Å². The van der Waals surface area contributed by atoms with Crippen LogP contribution in [-0.2, 0) is 19.1 Å². The number of aromatic hydroxyl groups is 1. The summed E-state index contributed by atoms with van der Waals surface area (Å²) in [6, 6.07) is 2.83. The average molecular weight is 449 g/mol. The van der Waals surface area contributed by atoms with Crippen molar-refractivity contribution in [2.45, 2.75) is 19.3 Å². The second-order valence-corrected chi connectivity index (χ2v) is 6.47. The summed E-state index contributed by atoms with van der Waals surface area (Å²) in [6.07, 6.45) is 0.629. The summed E-state index contributed by atoms with van der Waals surface area (Å²) < 4.78 is 25.1. The van der Waals surface area contributed by atoms with Gasteiger partial charge in [-0.05, 0) is 17.7 Å². The van der Waals surface area contributed by atoms with Crippen LogP contribution in [0.15, 0.2) is 23.1 Å². The van der Waals surface area contributed by atoms with Crippen LogP contribution in [0.4, 0.5) is 0 Å². The Morgan fingerprint density at radius 3 is 2.09 bits per heavy atom. The zero-order valence-corrected chi connectivity index (χ0v) is 18.1. The predicted molar refractivity (Wildman–Crippen MR) is 109 cm³/mol. The number of H-pyrrole nitrogens is 1. The lowest BCUT2D eigenvalue weighted by Gasteiger charge is -2.21. The van der Waals surface area contributed by atoms with Gasteiger partial charge in [0, 0.05) is 19.0 Å². The van der Waals surface area contributed by atoms with E-state index < -0.39 is 35.1 Å². The van der Waals surface area contributed by atoms with Crippen molar-refractivity contribution in [1.82, 2.24) is 4.98 Å². The fourth-order valence-electron chi connectivity index (χ4n) is 3.11. The van der Waals surface area contributed by atoms with Crippen LogP contribution in [0.1, 0.15) is 40.7 Å². The van der Waals surface area contributed by atoms with Gasteiger partial charge < -0.3 is 33.8 Å². The molecule has 2 N–H and O–H groups in total. The standard InChI is InChI=1S/C21H23NO10/c1-10(23)32-19-14(28-2)6-11(7-15(19)29-3)12(8-16(24)30-4)17-18(25)13(21(27)31-5)9-22-20(17)26/h6-7,9,12H,8H2,1-5H3,(H2,22,25,26)/t12-/m1/s1.